The van der Waals surface area contributed by atoms with Crippen LogP contribution in [0.4, 0.5) is 0 Å². The number of aryl methyl sites for hydroxylation is 1. The van der Waals surface area contributed by atoms with Crippen LogP contribution < -0.4 is 0 Å². The van der Waals surface area contributed by atoms with Crippen LogP contribution in [0.5, 0.6) is 0 Å². The number of benzene rings is 1. The first-order valence-electron chi connectivity index (χ1n) is 7.65. The highest BCUT2D eigenvalue weighted by molar-refractivity contribution is 5.83. The Labute approximate surface area is 115 Å². The van der Waals surface area contributed by atoms with E-state index >= 15 is 0 Å². The summed E-state index contributed by atoms with van der Waals surface area (Å²) in [6.45, 7) is 2.68. The van der Waals surface area contributed by atoms with Gasteiger partial charge in [0.25, 0.3) is 0 Å². The van der Waals surface area contributed by atoms with E-state index in [1.54, 1.807) is 0 Å². The van der Waals surface area contributed by atoms with Crippen LogP contribution in [-0.4, -0.2) is 23.8 Å². The fraction of sp³-hybridized carbons (Fsp3) is 0.588. The van der Waals surface area contributed by atoms with Crippen molar-refractivity contribution >= 4 is 5.78 Å². The van der Waals surface area contributed by atoms with Gasteiger partial charge in [0.2, 0.25) is 0 Å². The lowest BCUT2D eigenvalue weighted by Gasteiger charge is -2.21. The van der Waals surface area contributed by atoms with E-state index in [1.165, 1.54) is 30.4 Å². The first-order valence-corrected chi connectivity index (χ1v) is 7.65. The topological polar surface area (TPSA) is 20.3 Å². The summed E-state index contributed by atoms with van der Waals surface area (Å²) in [7, 11) is 0. The van der Waals surface area contributed by atoms with E-state index in [0.717, 1.165) is 32.4 Å². The predicted octanol–water partition coefficient (Wildman–Crippen LogP) is 3.19. The standard InChI is InChI=1S/C17H23NO/c19-17(15-7-2-3-8-15)13-18-11-5-10-14-6-1-4-9-16(14)12-18/h1,4,6,9,15H,2-3,5,7-8,10-13H2. The molecule has 0 aromatic heterocycles. The van der Waals surface area contributed by atoms with Crippen molar-refractivity contribution in [3.8, 4) is 0 Å². The summed E-state index contributed by atoms with van der Waals surface area (Å²) in [6, 6.07) is 8.69. The van der Waals surface area contributed by atoms with E-state index in [4.69, 9.17) is 0 Å². The third-order valence-corrected chi connectivity index (χ3v) is 4.62. The first-order chi connectivity index (χ1) is 9.33. The first kappa shape index (κ1) is 12.9. The van der Waals surface area contributed by atoms with Crippen molar-refractivity contribution in [3.63, 3.8) is 0 Å². The molecule has 0 saturated heterocycles. The monoisotopic (exact) mass is 257 g/mol. The summed E-state index contributed by atoms with van der Waals surface area (Å²) in [5, 5.41) is 0. The van der Waals surface area contributed by atoms with Crippen molar-refractivity contribution in [1.82, 2.24) is 4.90 Å². The summed E-state index contributed by atoms with van der Waals surface area (Å²) < 4.78 is 0. The van der Waals surface area contributed by atoms with Crippen LogP contribution in [0.25, 0.3) is 0 Å². The van der Waals surface area contributed by atoms with Crippen molar-refractivity contribution in [1.29, 1.82) is 0 Å². The highest BCUT2D eigenvalue weighted by Gasteiger charge is 2.25. The molecule has 1 heterocycles. The molecule has 3 rings (SSSR count). The maximum absolute atomic E-state index is 12.3. The lowest BCUT2D eigenvalue weighted by atomic mass is 10.0. The Hall–Kier alpha value is -1.15. The van der Waals surface area contributed by atoms with Crippen molar-refractivity contribution in [3.05, 3.63) is 35.4 Å². The maximum atomic E-state index is 12.3. The average Bonchev–Trinajstić information content (AvgIpc) is 2.87. The Morgan fingerprint density at radius 3 is 2.63 bits per heavy atom. The number of rotatable bonds is 3. The van der Waals surface area contributed by atoms with Crippen LogP contribution in [-0.2, 0) is 17.8 Å². The molecule has 1 aliphatic heterocycles. The van der Waals surface area contributed by atoms with Crippen LogP contribution in [0, 0.1) is 5.92 Å². The molecule has 0 N–H and O–H groups in total. The molecule has 2 nitrogen and oxygen atoms in total. The summed E-state index contributed by atoms with van der Waals surface area (Å²) >= 11 is 0. The second-order valence-corrected chi connectivity index (χ2v) is 6.03. The fourth-order valence-electron chi connectivity index (χ4n) is 3.50. The van der Waals surface area contributed by atoms with Gasteiger partial charge >= 0.3 is 0 Å². The second kappa shape index (κ2) is 5.87. The number of hydrogen-bond acceptors (Lipinski definition) is 2. The SMILES string of the molecule is O=C(CN1CCCc2ccccc2C1)C1CCCC1. The molecule has 19 heavy (non-hydrogen) atoms. The van der Waals surface area contributed by atoms with Crippen molar-refractivity contribution < 1.29 is 4.79 Å². The van der Waals surface area contributed by atoms with E-state index in [-0.39, 0.29) is 0 Å². The molecule has 0 amide bonds. The van der Waals surface area contributed by atoms with Gasteiger partial charge in [-0.25, -0.2) is 0 Å². The predicted molar refractivity (Wildman–Crippen MR) is 77.0 cm³/mol. The minimum atomic E-state index is 0.360. The molecular weight excluding hydrogens is 234 g/mol. The number of ketones is 1. The Morgan fingerprint density at radius 2 is 1.84 bits per heavy atom. The molecule has 0 atom stereocenters. The number of fused-ring (bicyclic) bond motifs is 1. The van der Waals surface area contributed by atoms with Gasteiger partial charge in [0.15, 0.2) is 0 Å². The quantitative estimate of drug-likeness (QED) is 0.829. The second-order valence-electron chi connectivity index (χ2n) is 6.03. The van der Waals surface area contributed by atoms with Crippen LogP contribution in [0.3, 0.4) is 0 Å². The van der Waals surface area contributed by atoms with E-state index in [2.05, 4.69) is 29.2 Å². The molecule has 0 radical (unpaired) electrons. The van der Waals surface area contributed by atoms with Gasteiger partial charge in [-0.05, 0) is 43.4 Å². The third-order valence-electron chi connectivity index (χ3n) is 4.62. The molecule has 0 unspecified atom stereocenters. The molecule has 0 bridgehead atoms. The smallest absolute Gasteiger partial charge is 0.149 e. The van der Waals surface area contributed by atoms with Crippen LogP contribution >= 0.6 is 0 Å². The van der Waals surface area contributed by atoms with Gasteiger partial charge in [-0.15, -0.1) is 0 Å². The van der Waals surface area contributed by atoms with E-state index in [9.17, 15) is 4.79 Å². The highest BCUT2D eigenvalue weighted by atomic mass is 16.1. The van der Waals surface area contributed by atoms with Gasteiger partial charge in [-0.3, -0.25) is 9.69 Å². The zero-order valence-electron chi connectivity index (χ0n) is 11.6. The van der Waals surface area contributed by atoms with Gasteiger partial charge in [0, 0.05) is 12.5 Å². The Kier molecular flexibility index (Phi) is 3.97. The van der Waals surface area contributed by atoms with Gasteiger partial charge in [-0.1, -0.05) is 37.1 Å². The normalized spacial score (nSPS) is 21.1. The van der Waals surface area contributed by atoms with Gasteiger partial charge in [-0.2, -0.15) is 0 Å². The molecule has 1 aromatic rings. The molecule has 1 aromatic carbocycles. The molecule has 0 spiro atoms. The van der Waals surface area contributed by atoms with Crippen molar-refractivity contribution in [2.24, 2.45) is 5.92 Å². The van der Waals surface area contributed by atoms with E-state index in [0.29, 0.717) is 18.2 Å². The maximum Gasteiger partial charge on any atom is 0.149 e. The Balaban J connectivity index is 1.64. The van der Waals surface area contributed by atoms with Crippen molar-refractivity contribution in [2.45, 2.75) is 45.1 Å². The van der Waals surface area contributed by atoms with Gasteiger partial charge in [0.1, 0.15) is 5.78 Å². The summed E-state index contributed by atoms with van der Waals surface area (Å²) in [6.07, 6.45) is 7.09. The van der Waals surface area contributed by atoms with E-state index in [1.807, 2.05) is 0 Å². The van der Waals surface area contributed by atoms with E-state index < -0.39 is 0 Å². The lowest BCUT2D eigenvalue weighted by molar-refractivity contribution is -0.124. The molecule has 2 aliphatic rings. The fourth-order valence-corrected chi connectivity index (χ4v) is 3.50. The number of Topliss-reactive ketones (excluding diaryl/α,β-unsaturated/α-hetero) is 1. The summed E-state index contributed by atoms with van der Waals surface area (Å²) in [5.74, 6) is 0.843. The van der Waals surface area contributed by atoms with Crippen LogP contribution in [0.2, 0.25) is 0 Å². The number of carbonyl (C=O) groups is 1. The largest absolute Gasteiger partial charge is 0.298 e. The Morgan fingerprint density at radius 1 is 1.11 bits per heavy atom. The van der Waals surface area contributed by atoms with Crippen LogP contribution in [0.15, 0.2) is 24.3 Å². The lowest BCUT2D eigenvalue weighted by Crippen LogP contribution is -2.32. The molecule has 2 heteroatoms. The zero-order valence-corrected chi connectivity index (χ0v) is 11.6. The summed E-state index contributed by atoms with van der Waals surface area (Å²) in [5.41, 5.74) is 2.89. The van der Waals surface area contributed by atoms with Crippen molar-refractivity contribution in [2.75, 3.05) is 13.1 Å². The van der Waals surface area contributed by atoms with Crippen LogP contribution in [0.1, 0.15) is 43.2 Å². The number of carbonyl (C=O) groups excluding carboxylic acids is 1. The number of nitrogens with zero attached hydrogens (tertiary/aromatic N) is 1. The van der Waals surface area contributed by atoms with Gasteiger partial charge in [0.05, 0.1) is 6.54 Å². The molecule has 1 saturated carbocycles. The third kappa shape index (κ3) is 3.06. The molecular formula is C17H23NO. The van der Waals surface area contributed by atoms with Gasteiger partial charge < -0.3 is 0 Å². The average molecular weight is 257 g/mol. The molecule has 1 aliphatic carbocycles. The minimum absolute atomic E-state index is 0.360. The zero-order chi connectivity index (χ0) is 13.1. The molecule has 1 fully saturated rings. The summed E-state index contributed by atoms with van der Waals surface area (Å²) in [4.78, 5) is 14.6. The molecule has 102 valence electrons. The highest BCUT2D eigenvalue weighted by Crippen LogP contribution is 2.26. The minimum Gasteiger partial charge on any atom is -0.298 e. The number of hydrogen-bond donors (Lipinski definition) is 0. The Bertz CT molecular complexity index is 448.